The standard InChI is InChI=1S/C19H17N3OS/c1-20-17(23)14-2-4-15(5-3-14)19(8-9-19)18-22-16(12-24-18)13-6-10-21-11-7-13/h2-7,10-12H,8-9H2,1H3,(H,20,23). The van der Waals surface area contributed by atoms with Crippen LogP contribution in [0.1, 0.15) is 33.8 Å². The van der Waals surface area contributed by atoms with Gasteiger partial charge in [-0.05, 0) is 42.7 Å². The normalized spacial score (nSPS) is 15.0. The minimum absolute atomic E-state index is 0.0250. The van der Waals surface area contributed by atoms with Crippen molar-refractivity contribution in [3.8, 4) is 11.3 Å². The van der Waals surface area contributed by atoms with Gasteiger partial charge in [0, 0.05) is 41.4 Å². The molecular formula is C19H17N3OS. The quantitative estimate of drug-likeness (QED) is 0.792. The van der Waals surface area contributed by atoms with Gasteiger partial charge < -0.3 is 5.32 Å². The number of pyridine rings is 1. The van der Waals surface area contributed by atoms with E-state index >= 15 is 0 Å². The van der Waals surface area contributed by atoms with Crippen LogP contribution in [0.5, 0.6) is 0 Å². The maximum Gasteiger partial charge on any atom is 0.251 e. The van der Waals surface area contributed by atoms with Crippen LogP contribution in [0, 0.1) is 0 Å². The number of aromatic nitrogens is 2. The van der Waals surface area contributed by atoms with Gasteiger partial charge in [-0.1, -0.05) is 12.1 Å². The Morgan fingerprint density at radius 2 is 1.83 bits per heavy atom. The molecule has 1 fully saturated rings. The zero-order valence-corrected chi connectivity index (χ0v) is 14.1. The lowest BCUT2D eigenvalue weighted by Gasteiger charge is -2.13. The van der Waals surface area contributed by atoms with E-state index in [0.29, 0.717) is 5.56 Å². The first-order chi connectivity index (χ1) is 11.7. The van der Waals surface area contributed by atoms with Crippen LogP contribution in [0.15, 0.2) is 54.2 Å². The predicted molar refractivity (Wildman–Crippen MR) is 95.2 cm³/mol. The van der Waals surface area contributed by atoms with Crippen LogP contribution in [0.3, 0.4) is 0 Å². The van der Waals surface area contributed by atoms with Gasteiger partial charge in [0.2, 0.25) is 0 Å². The van der Waals surface area contributed by atoms with Crippen molar-refractivity contribution < 1.29 is 4.79 Å². The number of hydrogen-bond acceptors (Lipinski definition) is 4. The van der Waals surface area contributed by atoms with E-state index in [4.69, 9.17) is 4.98 Å². The van der Waals surface area contributed by atoms with Crippen LogP contribution in [0.4, 0.5) is 0 Å². The fourth-order valence-electron chi connectivity index (χ4n) is 2.98. The molecule has 1 aromatic carbocycles. The molecule has 2 heterocycles. The molecule has 1 saturated carbocycles. The van der Waals surface area contributed by atoms with Gasteiger partial charge in [-0.25, -0.2) is 4.98 Å². The highest BCUT2D eigenvalue weighted by Gasteiger charge is 2.48. The molecule has 24 heavy (non-hydrogen) atoms. The molecule has 3 aromatic rings. The molecule has 1 amide bonds. The van der Waals surface area contributed by atoms with Crippen molar-refractivity contribution in [1.82, 2.24) is 15.3 Å². The second-order valence-electron chi connectivity index (χ2n) is 6.01. The van der Waals surface area contributed by atoms with Crippen molar-refractivity contribution in [3.63, 3.8) is 0 Å². The summed E-state index contributed by atoms with van der Waals surface area (Å²) in [6.45, 7) is 0. The number of rotatable bonds is 4. The Morgan fingerprint density at radius 1 is 1.12 bits per heavy atom. The minimum Gasteiger partial charge on any atom is -0.355 e. The first kappa shape index (κ1) is 15.0. The molecule has 1 N–H and O–H groups in total. The van der Waals surface area contributed by atoms with Crippen molar-refractivity contribution in [2.45, 2.75) is 18.3 Å². The van der Waals surface area contributed by atoms with Crippen molar-refractivity contribution in [3.05, 3.63) is 70.3 Å². The summed E-state index contributed by atoms with van der Waals surface area (Å²) in [5.41, 5.74) is 4.06. The average molecular weight is 335 g/mol. The highest BCUT2D eigenvalue weighted by atomic mass is 32.1. The van der Waals surface area contributed by atoms with E-state index in [-0.39, 0.29) is 11.3 Å². The van der Waals surface area contributed by atoms with E-state index in [1.54, 1.807) is 30.8 Å². The molecule has 0 aliphatic heterocycles. The Labute approximate surface area is 144 Å². The van der Waals surface area contributed by atoms with E-state index in [0.717, 1.165) is 29.1 Å². The van der Waals surface area contributed by atoms with Gasteiger partial charge in [0.1, 0.15) is 5.01 Å². The third-order valence-corrected chi connectivity index (χ3v) is 5.61. The van der Waals surface area contributed by atoms with Gasteiger partial charge in [0.05, 0.1) is 5.69 Å². The Hall–Kier alpha value is -2.53. The maximum atomic E-state index is 11.7. The van der Waals surface area contributed by atoms with Gasteiger partial charge in [-0.2, -0.15) is 0 Å². The fourth-order valence-corrected chi connectivity index (χ4v) is 4.10. The molecule has 2 aromatic heterocycles. The summed E-state index contributed by atoms with van der Waals surface area (Å²) in [4.78, 5) is 20.6. The van der Waals surface area contributed by atoms with Crippen LogP contribution in [-0.4, -0.2) is 22.9 Å². The third-order valence-electron chi connectivity index (χ3n) is 4.57. The van der Waals surface area contributed by atoms with Gasteiger partial charge >= 0.3 is 0 Å². The smallest absolute Gasteiger partial charge is 0.251 e. The van der Waals surface area contributed by atoms with E-state index in [9.17, 15) is 4.79 Å². The largest absolute Gasteiger partial charge is 0.355 e. The lowest BCUT2D eigenvalue weighted by molar-refractivity contribution is 0.0963. The first-order valence-corrected chi connectivity index (χ1v) is 8.80. The summed E-state index contributed by atoms with van der Waals surface area (Å²) in [6.07, 6.45) is 5.79. The summed E-state index contributed by atoms with van der Waals surface area (Å²) in [5, 5.41) is 5.92. The molecular weight excluding hydrogens is 318 g/mol. The summed E-state index contributed by atoms with van der Waals surface area (Å²) < 4.78 is 0. The van der Waals surface area contributed by atoms with Crippen LogP contribution < -0.4 is 5.32 Å². The van der Waals surface area contributed by atoms with Crippen LogP contribution in [-0.2, 0) is 5.41 Å². The van der Waals surface area contributed by atoms with E-state index in [2.05, 4.69) is 27.8 Å². The van der Waals surface area contributed by atoms with Gasteiger partial charge in [-0.15, -0.1) is 11.3 Å². The third kappa shape index (κ3) is 2.51. The zero-order chi connectivity index (χ0) is 16.6. The average Bonchev–Trinajstić information content (AvgIpc) is 3.31. The molecule has 0 saturated heterocycles. The Morgan fingerprint density at radius 3 is 2.46 bits per heavy atom. The van der Waals surface area contributed by atoms with Crippen LogP contribution >= 0.6 is 11.3 Å². The van der Waals surface area contributed by atoms with E-state index in [1.165, 1.54) is 5.56 Å². The molecule has 1 aliphatic rings. The molecule has 120 valence electrons. The predicted octanol–water partition coefficient (Wildman–Crippen LogP) is 3.64. The number of amides is 1. The summed E-state index contributed by atoms with van der Waals surface area (Å²) >= 11 is 1.71. The van der Waals surface area contributed by atoms with Gasteiger partial charge in [0.25, 0.3) is 5.91 Å². The molecule has 0 radical (unpaired) electrons. The molecule has 4 rings (SSSR count). The zero-order valence-electron chi connectivity index (χ0n) is 13.3. The van der Waals surface area contributed by atoms with Crippen LogP contribution in [0.25, 0.3) is 11.3 Å². The van der Waals surface area contributed by atoms with Crippen LogP contribution in [0.2, 0.25) is 0 Å². The van der Waals surface area contributed by atoms with Crippen molar-refractivity contribution >= 4 is 17.2 Å². The first-order valence-electron chi connectivity index (χ1n) is 7.92. The number of thiazole rings is 1. The second kappa shape index (κ2) is 5.83. The highest BCUT2D eigenvalue weighted by molar-refractivity contribution is 7.10. The van der Waals surface area contributed by atoms with E-state index < -0.39 is 0 Å². The highest BCUT2D eigenvalue weighted by Crippen LogP contribution is 2.54. The van der Waals surface area contributed by atoms with E-state index in [1.807, 2.05) is 24.3 Å². The lowest BCUT2D eigenvalue weighted by Crippen LogP contribution is -2.18. The Kier molecular flexibility index (Phi) is 3.65. The maximum absolute atomic E-state index is 11.7. The Bertz CT molecular complexity index is 867. The van der Waals surface area contributed by atoms with Crippen molar-refractivity contribution in [2.24, 2.45) is 0 Å². The summed E-state index contributed by atoms with van der Waals surface area (Å²) in [6, 6.07) is 11.9. The molecule has 0 bridgehead atoms. The lowest BCUT2D eigenvalue weighted by atomic mass is 9.95. The molecule has 5 heteroatoms. The molecule has 4 nitrogen and oxygen atoms in total. The molecule has 1 aliphatic carbocycles. The SMILES string of the molecule is CNC(=O)c1ccc(C2(c3nc(-c4ccncc4)cs3)CC2)cc1. The van der Waals surface area contributed by atoms with Gasteiger partial charge in [-0.3, -0.25) is 9.78 Å². The molecule has 0 atom stereocenters. The summed E-state index contributed by atoms with van der Waals surface area (Å²) in [5.74, 6) is -0.0550. The van der Waals surface area contributed by atoms with Gasteiger partial charge in [0.15, 0.2) is 0 Å². The minimum atomic E-state index is -0.0550. The number of hydrogen-bond donors (Lipinski definition) is 1. The number of carbonyl (C=O) groups excluding carboxylic acids is 1. The molecule has 0 unspecified atom stereocenters. The second-order valence-corrected chi connectivity index (χ2v) is 6.87. The number of nitrogens with one attached hydrogen (secondary N) is 1. The number of nitrogens with zero attached hydrogens (tertiary/aromatic N) is 2. The number of benzene rings is 1. The Balaban J connectivity index is 1.64. The molecule has 0 spiro atoms. The fraction of sp³-hybridized carbons (Fsp3) is 0.211. The number of carbonyl (C=O) groups is 1. The topological polar surface area (TPSA) is 54.9 Å². The van der Waals surface area contributed by atoms with Crippen molar-refractivity contribution in [1.29, 1.82) is 0 Å². The summed E-state index contributed by atoms with van der Waals surface area (Å²) in [7, 11) is 1.65. The monoisotopic (exact) mass is 335 g/mol. The van der Waals surface area contributed by atoms with Crippen molar-refractivity contribution in [2.75, 3.05) is 7.05 Å².